The molecule has 0 atom stereocenters. The summed E-state index contributed by atoms with van der Waals surface area (Å²) in [6.07, 6.45) is 2.13. The number of benzene rings is 3. The molecule has 6 aromatic rings. The highest BCUT2D eigenvalue weighted by Gasteiger charge is 2.19. The molecule has 0 saturated carbocycles. The number of rotatable bonds is 0. The van der Waals surface area contributed by atoms with E-state index < -0.39 is 0 Å². The molecule has 0 N–H and O–H groups in total. The van der Waals surface area contributed by atoms with Gasteiger partial charge < -0.3 is 0 Å². The molecule has 3 aromatic carbocycles. The lowest BCUT2D eigenvalue weighted by Crippen LogP contribution is -2.10. The number of para-hydroxylation sites is 1. The monoisotopic (exact) mass is 364 g/mol. The lowest BCUT2D eigenvalue weighted by Gasteiger charge is -2.20. The number of hydrogen-bond donors (Lipinski definition) is 0. The Bertz CT molecular complexity index is 1650. The Hall–Kier alpha value is -3.13. The van der Waals surface area contributed by atoms with Crippen LogP contribution in [0.15, 0.2) is 60.9 Å². The van der Waals surface area contributed by atoms with Gasteiger partial charge >= 0.3 is 0 Å². The molecule has 28 heavy (non-hydrogen) atoms. The summed E-state index contributed by atoms with van der Waals surface area (Å²) in [5.41, 5.74) is 4.40. The molecule has 3 aromatic heterocycles. The third-order valence-corrected chi connectivity index (χ3v) is 6.12. The highest BCUT2D eigenvalue weighted by atomic mass is 15.0. The van der Waals surface area contributed by atoms with Gasteiger partial charge in [-0.2, -0.15) is 0 Å². The second-order valence-corrected chi connectivity index (χ2v) is 8.92. The highest BCUT2D eigenvalue weighted by molar-refractivity contribution is 6.27. The fourth-order valence-corrected chi connectivity index (χ4v) is 4.65. The third kappa shape index (κ3) is 1.90. The lowest BCUT2D eigenvalue weighted by atomic mass is 9.85. The van der Waals surface area contributed by atoms with Crippen LogP contribution in [0.4, 0.5) is 0 Å². The Morgan fingerprint density at radius 1 is 0.929 bits per heavy atom. The van der Waals surface area contributed by atoms with E-state index in [4.69, 9.17) is 2.74 Å². The molecular weight excluding hydrogens is 340 g/mol. The molecule has 2 heteroatoms. The van der Waals surface area contributed by atoms with E-state index >= 15 is 0 Å². The number of hydrogen-bond acceptors (Lipinski definition) is 1. The first kappa shape index (κ1) is 14.0. The molecule has 3 heterocycles. The fraction of sp³-hybridized carbons (Fsp3) is 0.192. The van der Waals surface area contributed by atoms with Crippen LogP contribution in [0.5, 0.6) is 0 Å². The van der Waals surface area contributed by atoms with Crippen molar-refractivity contribution in [3.63, 3.8) is 0 Å². The SMILES string of the molecule is [2H]c1nc2c3c(cc4cc(C(C)(C)C)ccc4c3c1[2H])c1cccc3c(C)cn2c31. The van der Waals surface area contributed by atoms with Crippen LogP contribution in [-0.4, -0.2) is 9.38 Å². The standard InChI is InChI=1S/C26H22N2/c1-15-14-28-24-18(15)6-5-7-21(24)22-13-16-12-17(26(2,3)4)8-9-19(16)20-10-11-27-25(28)23(20)22/h5-14H,1-4H3/i10D,11D. The first-order chi connectivity index (χ1) is 14.3. The molecular formula is C26H22N2. The van der Waals surface area contributed by atoms with Crippen molar-refractivity contribution in [2.24, 2.45) is 0 Å². The maximum atomic E-state index is 8.71. The zero-order valence-electron chi connectivity index (χ0n) is 18.5. The Morgan fingerprint density at radius 2 is 1.75 bits per heavy atom. The van der Waals surface area contributed by atoms with Gasteiger partial charge in [0.05, 0.1) is 8.26 Å². The van der Waals surface area contributed by atoms with Gasteiger partial charge in [-0.3, -0.25) is 4.40 Å². The van der Waals surface area contributed by atoms with Crippen molar-refractivity contribution in [2.45, 2.75) is 33.1 Å². The highest BCUT2D eigenvalue weighted by Crippen LogP contribution is 2.40. The maximum Gasteiger partial charge on any atom is 0.145 e. The summed E-state index contributed by atoms with van der Waals surface area (Å²) in [5, 5.41) is 7.41. The van der Waals surface area contributed by atoms with Crippen LogP contribution >= 0.6 is 0 Å². The number of nitrogens with zero attached hydrogens (tertiary/aromatic N) is 2. The zero-order chi connectivity index (χ0) is 20.9. The van der Waals surface area contributed by atoms with Crippen LogP contribution in [-0.2, 0) is 5.41 Å². The minimum absolute atomic E-state index is 0.0229. The maximum absolute atomic E-state index is 8.71. The van der Waals surface area contributed by atoms with Gasteiger partial charge in [-0.1, -0.05) is 57.2 Å². The van der Waals surface area contributed by atoms with Crippen molar-refractivity contribution in [3.05, 3.63) is 72.0 Å². The molecule has 0 amide bonds. The predicted molar refractivity (Wildman–Crippen MR) is 120 cm³/mol. The first-order valence-electron chi connectivity index (χ1n) is 10.8. The molecule has 0 aliphatic rings. The van der Waals surface area contributed by atoms with Gasteiger partial charge in [0.15, 0.2) is 0 Å². The van der Waals surface area contributed by atoms with Crippen LogP contribution in [0.3, 0.4) is 0 Å². The molecule has 0 unspecified atom stereocenters. The van der Waals surface area contributed by atoms with E-state index in [1.165, 1.54) is 21.9 Å². The predicted octanol–water partition coefficient (Wildman–Crippen LogP) is 6.99. The molecule has 0 spiro atoms. The summed E-state index contributed by atoms with van der Waals surface area (Å²) in [7, 11) is 0. The van der Waals surface area contributed by atoms with E-state index in [0.29, 0.717) is 0 Å². The van der Waals surface area contributed by atoms with Crippen molar-refractivity contribution in [3.8, 4) is 0 Å². The average Bonchev–Trinajstić information content (AvgIpc) is 3.05. The normalized spacial score (nSPS) is 14.0. The van der Waals surface area contributed by atoms with Crippen molar-refractivity contribution in [1.29, 1.82) is 0 Å². The number of aryl methyl sites for hydroxylation is 1. The van der Waals surface area contributed by atoms with Gasteiger partial charge in [0.1, 0.15) is 5.65 Å². The van der Waals surface area contributed by atoms with E-state index in [2.05, 4.69) is 85.7 Å². The van der Waals surface area contributed by atoms with E-state index in [0.717, 1.165) is 38.1 Å². The first-order valence-corrected chi connectivity index (χ1v) is 9.75. The van der Waals surface area contributed by atoms with Gasteiger partial charge in [0.25, 0.3) is 0 Å². The van der Waals surface area contributed by atoms with Gasteiger partial charge in [-0.15, -0.1) is 0 Å². The van der Waals surface area contributed by atoms with Gasteiger partial charge in [-0.25, -0.2) is 4.98 Å². The smallest absolute Gasteiger partial charge is 0.145 e. The number of pyridine rings is 2. The Balaban J connectivity index is 1.97. The molecule has 2 nitrogen and oxygen atoms in total. The molecule has 6 rings (SSSR count). The summed E-state index contributed by atoms with van der Waals surface area (Å²) < 4.78 is 19.3. The molecule has 0 aliphatic carbocycles. The second kappa shape index (κ2) is 5.02. The van der Waals surface area contributed by atoms with Gasteiger partial charge in [-0.05, 0) is 57.1 Å². The largest absolute Gasteiger partial charge is 0.300 e. The zero-order valence-corrected chi connectivity index (χ0v) is 16.5. The molecule has 0 aliphatic heterocycles. The summed E-state index contributed by atoms with van der Waals surface area (Å²) in [4.78, 5) is 4.57. The summed E-state index contributed by atoms with van der Waals surface area (Å²) in [5.74, 6) is 0. The minimum Gasteiger partial charge on any atom is -0.300 e. The van der Waals surface area contributed by atoms with Gasteiger partial charge in [0, 0.05) is 28.5 Å². The molecule has 0 bridgehead atoms. The minimum atomic E-state index is 0.0229. The summed E-state index contributed by atoms with van der Waals surface area (Å²) >= 11 is 0. The fourth-order valence-electron chi connectivity index (χ4n) is 4.65. The van der Waals surface area contributed by atoms with Crippen molar-refractivity contribution in [1.82, 2.24) is 9.38 Å². The summed E-state index contributed by atoms with van der Waals surface area (Å²) in [6, 6.07) is 15.4. The molecule has 0 fully saturated rings. The van der Waals surface area contributed by atoms with Crippen LogP contribution in [0.25, 0.3) is 48.9 Å². The lowest BCUT2D eigenvalue weighted by molar-refractivity contribution is 0.591. The van der Waals surface area contributed by atoms with Crippen LogP contribution in [0, 0.1) is 6.92 Å². The average molecular weight is 364 g/mol. The number of fused-ring (bicyclic) bond motifs is 4. The second-order valence-electron chi connectivity index (χ2n) is 8.92. The molecule has 0 saturated heterocycles. The third-order valence-electron chi connectivity index (χ3n) is 6.12. The Kier molecular flexibility index (Phi) is 2.50. The van der Waals surface area contributed by atoms with Crippen LogP contribution in [0.1, 0.15) is 34.6 Å². The van der Waals surface area contributed by atoms with E-state index in [1.54, 1.807) is 0 Å². The Labute approximate surface area is 166 Å². The van der Waals surface area contributed by atoms with Crippen LogP contribution in [0.2, 0.25) is 0 Å². The van der Waals surface area contributed by atoms with E-state index in [1.807, 2.05) is 0 Å². The summed E-state index contributed by atoms with van der Waals surface area (Å²) in [6.45, 7) is 8.77. The van der Waals surface area contributed by atoms with Crippen molar-refractivity contribution in [2.75, 3.05) is 0 Å². The van der Waals surface area contributed by atoms with E-state index in [9.17, 15) is 0 Å². The van der Waals surface area contributed by atoms with Crippen LogP contribution < -0.4 is 0 Å². The quantitative estimate of drug-likeness (QED) is 0.210. The van der Waals surface area contributed by atoms with Crippen molar-refractivity contribution >= 4 is 48.9 Å². The van der Waals surface area contributed by atoms with Crippen molar-refractivity contribution < 1.29 is 2.74 Å². The Morgan fingerprint density at radius 3 is 2.57 bits per heavy atom. The number of aromatic nitrogens is 2. The molecule has 136 valence electrons. The van der Waals surface area contributed by atoms with E-state index in [-0.39, 0.29) is 17.6 Å². The molecule has 0 radical (unpaired) electrons. The topological polar surface area (TPSA) is 17.3 Å². The van der Waals surface area contributed by atoms with Gasteiger partial charge in [0.2, 0.25) is 0 Å².